The van der Waals surface area contributed by atoms with E-state index in [2.05, 4.69) is 12.1 Å². The standard InChI is InChI=1S/C38H44O8/c1-40-30-20-19-27(22-32(30)42-3)36-38(43-4)35(39)34-33(46-36)24-31(41-2)29-23-28(45-37(29)34)18-14-9-7-5-6-8-10-15-21-44-25-26-16-12-11-13-17-26/h11-13,16-17,19-20,22-24H,5-10,14-15,18,21,25H2,1-4H3. The first-order valence-corrected chi connectivity index (χ1v) is 16.1. The van der Waals surface area contributed by atoms with Crippen LogP contribution in [0.5, 0.6) is 23.0 Å². The largest absolute Gasteiger partial charge is 0.496 e. The van der Waals surface area contributed by atoms with E-state index >= 15 is 0 Å². The minimum absolute atomic E-state index is 0.0869. The maximum atomic E-state index is 13.8. The van der Waals surface area contributed by atoms with Crippen LogP contribution in [0.25, 0.3) is 33.3 Å². The van der Waals surface area contributed by atoms with Gasteiger partial charge in [-0.25, -0.2) is 0 Å². The van der Waals surface area contributed by atoms with Gasteiger partial charge in [-0.2, -0.15) is 0 Å². The number of furan rings is 1. The van der Waals surface area contributed by atoms with Crippen molar-refractivity contribution in [3.63, 3.8) is 0 Å². The molecule has 0 amide bonds. The monoisotopic (exact) mass is 628 g/mol. The third-order valence-corrected chi connectivity index (χ3v) is 8.28. The first-order chi connectivity index (χ1) is 22.6. The van der Waals surface area contributed by atoms with Gasteiger partial charge in [0, 0.05) is 24.7 Å². The molecule has 0 N–H and O–H groups in total. The Hall–Kier alpha value is -4.43. The molecule has 5 aromatic rings. The zero-order chi connectivity index (χ0) is 32.3. The lowest BCUT2D eigenvalue weighted by molar-refractivity contribution is 0.116. The van der Waals surface area contributed by atoms with E-state index < -0.39 is 0 Å². The van der Waals surface area contributed by atoms with Gasteiger partial charge in [0.05, 0.1) is 40.4 Å². The quantitative estimate of drug-likeness (QED) is 0.0888. The van der Waals surface area contributed by atoms with E-state index in [1.165, 1.54) is 44.8 Å². The average molecular weight is 629 g/mol. The SMILES string of the molecule is COc1ccc(-c2oc3cc(OC)c4cc(CCCCCCCCCCOCc5ccccc5)oc4c3c(=O)c2OC)cc1OC. The summed E-state index contributed by atoms with van der Waals surface area (Å²) in [6.07, 6.45) is 10.1. The van der Waals surface area contributed by atoms with Crippen molar-refractivity contribution in [3.05, 3.63) is 82.2 Å². The summed E-state index contributed by atoms with van der Waals surface area (Å²) >= 11 is 0. The Bertz CT molecular complexity index is 1770. The summed E-state index contributed by atoms with van der Waals surface area (Å²) < 4.78 is 40.5. The molecule has 2 heterocycles. The molecule has 0 saturated heterocycles. The third kappa shape index (κ3) is 7.68. The number of methoxy groups -OCH3 is 4. The molecule has 0 bridgehead atoms. The van der Waals surface area contributed by atoms with Gasteiger partial charge in [0.25, 0.3) is 0 Å². The first-order valence-electron chi connectivity index (χ1n) is 16.1. The number of unbranched alkanes of at least 4 members (excludes halogenated alkanes) is 7. The minimum Gasteiger partial charge on any atom is -0.496 e. The molecule has 0 atom stereocenters. The highest BCUT2D eigenvalue weighted by Gasteiger charge is 2.24. The molecule has 0 aliphatic rings. The molecular weight excluding hydrogens is 584 g/mol. The summed E-state index contributed by atoms with van der Waals surface area (Å²) in [5.74, 6) is 2.84. The Morgan fingerprint density at radius 2 is 1.35 bits per heavy atom. The molecular formula is C38H44O8. The lowest BCUT2D eigenvalue weighted by Gasteiger charge is -2.13. The summed E-state index contributed by atoms with van der Waals surface area (Å²) in [6, 6.07) is 19.3. The fraction of sp³-hybridized carbons (Fsp3) is 0.395. The molecule has 3 aromatic carbocycles. The molecule has 5 rings (SSSR count). The van der Waals surface area contributed by atoms with Gasteiger partial charge in [-0.05, 0) is 42.7 Å². The molecule has 0 aliphatic heterocycles. The molecule has 46 heavy (non-hydrogen) atoms. The molecule has 0 fully saturated rings. The van der Waals surface area contributed by atoms with Crippen molar-refractivity contribution in [2.75, 3.05) is 35.0 Å². The smallest absolute Gasteiger partial charge is 0.239 e. The van der Waals surface area contributed by atoms with Gasteiger partial charge < -0.3 is 32.5 Å². The number of benzene rings is 3. The maximum Gasteiger partial charge on any atom is 0.239 e. The van der Waals surface area contributed by atoms with Gasteiger partial charge >= 0.3 is 0 Å². The number of fused-ring (bicyclic) bond motifs is 3. The molecule has 0 aliphatic carbocycles. The van der Waals surface area contributed by atoms with Crippen LogP contribution < -0.4 is 24.4 Å². The van der Waals surface area contributed by atoms with E-state index in [-0.39, 0.29) is 16.9 Å². The average Bonchev–Trinajstić information content (AvgIpc) is 3.52. The highest BCUT2D eigenvalue weighted by atomic mass is 16.5. The summed E-state index contributed by atoms with van der Waals surface area (Å²) in [4.78, 5) is 13.8. The van der Waals surface area contributed by atoms with Gasteiger partial charge in [-0.1, -0.05) is 68.9 Å². The van der Waals surface area contributed by atoms with E-state index in [4.69, 9.17) is 32.5 Å². The minimum atomic E-state index is -0.315. The van der Waals surface area contributed by atoms with Gasteiger partial charge in [0.2, 0.25) is 11.2 Å². The van der Waals surface area contributed by atoms with E-state index in [0.717, 1.165) is 43.4 Å². The Balaban J connectivity index is 1.18. The van der Waals surface area contributed by atoms with Crippen LogP contribution in [0.4, 0.5) is 0 Å². The van der Waals surface area contributed by atoms with Crippen molar-refractivity contribution in [1.29, 1.82) is 0 Å². The van der Waals surface area contributed by atoms with Gasteiger partial charge in [-0.3, -0.25) is 4.79 Å². The molecule has 8 heteroatoms. The summed E-state index contributed by atoms with van der Waals surface area (Å²) in [5.41, 5.74) is 2.32. The molecule has 244 valence electrons. The van der Waals surface area contributed by atoms with Crippen LogP contribution in [0.15, 0.2) is 74.3 Å². The molecule has 0 spiro atoms. The van der Waals surface area contributed by atoms with Crippen LogP contribution >= 0.6 is 0 Å². The Kier molecular flexibility index (Phi) is 11.6. The van der Waals surface area contributed by atoms with Crippen molar-refractivity contribution in [1.82, 2.24) is 0 Å². The van der Waals surface area contributed by atoms with Crippen molar-refractivity contribution in [2.45, 2.75) is 64.4 Å². The van der Waals surface area contributed by atoms with E-state index in [9.17, 15) is 4.79 Å². The molecule has 2 aromatic heterocycles. The Morgan fingerprint density at radius 3 is 2.04 bits per heavy atom. The van der Waals surface area contributed by atoms with Crippen molar-refractivity contribution in [2.24, 2.45) is 0 Å². The van der Waals surface area contributed by atoms with Crippen molar-refractivity contribution >= 4 is 21.9 Å². The fourth-order valence-corrected chi connectivity index (χ4v) is 5.83. The van der Waals surface area contributed by atoms with Gasteiger partial charge in [0.1, 0.15) is 22.5 Å². The summed E-state index contributed by atoms with van der Waals surface area (Å²) in [6.45, 7) is 1.51. The van der Waals surface area contributed by atoms with Crippen LogP contribution in [0.1, 0.15) is 62.7 Å². The number of rotatable bonds is 18. The van der Waals surface area contributed by atoms with E-state index in [1.807, 2.05) is 24.3 Å². The normalized spacial score (nSPS) is 11.3. The van der Waals surface area contributed by atoms with Crippen molar-refractivity contribution < 1.29 is 32.5 Å². The van der Waals surface area contributed by atoms with Crippen LogP contribution in [-0.4, -0.2) is 35.0 Å². The summed E-state index contributed by atoms with van der Waals surface area (Å²) in [5, 5.41) is 1.07. The van der Waals surface area contributed by atoms with Gasteiger partial charge in [0.15, 0.2) is 22.8 Å². The maximum absolute atomic E-state index is 13.8. The molecule has 0 radical (unpaired) electrons. The van der Waals surface area contributed by atoms with Crippen LogP contribution in [0.2, 0.25) is 0 Å². The van der Waals surface area contributed by atoms with Gasteiger partial charge in [-0.15, -0.1) is 0 Å². The number of hydrogen-bond donors (Lipinski definition) is 0. The lowest BCUT2D eigenvalue weighted by atomic mass is 10.1. The van der Waals surface area contributed by atoms with Crippen LogP contribution in [-0.2, 0) is 17.8 Å². The van der Waals surface area contributed by atoms with Crippen LogP contribution in [0.3, 0.4) is 0 Å². The van der Waals surface area contributed by atoms with E-state index in [0.29, 0.717) is 46.0 Å². The lowest BCUT2D eigenvalue weighted by Crippen LogP contribution is -2.08. The predicted octanol–water partition coefficient (Wildman–Crippen LogP) is 9.12. The number of hydrogen-bond acceptors (Lipinski definition) is 8. The zero-order valence-electron chi connectivity index (χ0n) is 27.3. The highest BCUT2D eigenvalue weighted by Crippen LogP contribution is 2.40. The topological polar surface area (TPSA) is 89.5 Å². The van der Waals surface area contributed by atoms with Crippen LogP contribution in [0, 0.1) is 0 Å². The third-order valence-electron chi connectivity index (χ3n) is 8.28. The Morgan fingerprint density at radius 1 is 0.652 bits per heavy atom. The second-order valence-electron chi connectivity index (χ2n) is 11.4. The van der Waals surface area contributed by atoms with E-state index in [1.54, 1.807) is 45.6 Å². The number of ether oxygens (including phenoxy) is 5. The highest BCUT2D eigenvalue weighted by molar-refractivity contribution is 6.06. The molecule has 0 saturated carbocycles. The fourth-order valence-electron chi connectivity index (χ4n) is 5.83. The first kappa shape index (κ1) is 32.9. The predicted molar refractivity (Wildman–Crippen MR) is 181 cm³/mol. The number of aryl methyl sites for hydroxylation is 1. The molecule has 8 nitrogen and oxygen atoms in total. The molecule has 0 unspecified atom stereocenters. The van der Waals surface area contributed by atoms with Crippen molar-refractivity contribution in [3.8, 4) is 34.3 Å². The summed E-state index contributed by atoms with van der Waals surface area (Å²) in [7, 11) is 6.18. The Labute approximate surface area is 270 Å². The zero-order valence-corrected chi connectivity index (χ0v) is 27.3. The second kappa shape index (κ2) is 16.2. The second-order valence-corrected chi connectivity index (χ2v) is 11.4.